The van der Waals surface area contributed by atoms with E-state index in [0.29, 0.717) is 0 Å². The maximum absolute atomic E-state index is 10.3. The number of rotatable bonds is 3. The Morgan fingerprint density at radius 3 is 2.70 bits per heavy atom. The quantitative estimate of drug-likeness (QED) is 0.337. The van der Waals surface area contributed by atoms with E-state index < -0.39 is 5.91 Å². The molecule has 1 amide bonds. The van der Waals surface area contributed by atoms with Gasteiger partial charge in [-0.05, 0) is 12.5 Å². The summed E-state index contributed by atoms with van der Waals surface area (Å²) in [6, 6.07) is 0. The van der Waals surface area contributed by atoms with Crippen molar-refractivity contribution in [2.75, 3.05) is 0 Å². The minimum absolute atomic E-state index is 0.123. The van der Waals surface area contributed by atoms with Gasteiger partial charge in [0.15, 0.2) is 5.71 Å². The molecule has 4 heteroatoms. The largest absolute Gasteiger partial charge is 0.410 e. The van der Waals surface area contributed by atoms with E-state index >= 15 is 0 Å². The summed E-state index contributed by atoms with van der Waals surface area (Å²) < 4.78 is 0. The summed E-state index contributed by atoms with van der Waals surface area (Å²) >= 11 is 0. The Kier molecular flexibility index (Phi) is 3.95. The number of amides is 1. The fourth-order valence-electron chi connectivity index (χ4n) is 0.394. The first kappa shape index (κ1) is 8.68. The fourth-order valence-corrected chi connectivity index (χ4v) is 0.394. The lowest BCUT2D eigenvalue weighted by molar-refractivity contribution is -0.112. The summed E-state index contributed by atoms with van der Waals surface area (Å²) in [5.74, 6) is -0.729. The predicted molar refractivity (Wildman–Crippen MR) is 37.8 cm³/mol. The molecule has 0 aromatic carbocycles. The molecule has 0 aromatic rings. The van der Waals surface area contributed by atoms with Crippen molar-refractivity contribution in [2.45, 2.75) is 13.3 Å². The van der Waals surface area contributed by atoms with Gasteiger partial charge in [0, 0.05) is 0 Å². The number of carbonyl (C=O) groups excluding carboxylic acids is 1. The van der Waals surface area contributed by atoms with E-state index in [9.17, 15) is 4.79 Å². The highest BCUT2D eigenvalue weighted by molar-refractivity contribution is 6.42. The molecule has 0 radical (unpaired) electrons. The van der Waals surface area contributed by atoms with Gasteiger partial charge in [0.2, 0.25) is 0 Å². The number of hydrogen-bond acceptors (Lipinski definition) is 3. The minimum Gasteiger partial charge on any atom is -0.410 e. The fraction of sp³-hybridized carbons (Fsp3) is 0.333. The SMILES string of the molecule is CC/C=C/C(=N\O)C(N)=O. The van der Waals surface area contributed by atoms with Crippen molar-refractivity contribution in [3.05, 3.63) is 12.2 Å². The monoisotopic (exact) mass is 142 g/mol. The van der Waals surface area contributed by atoms with Gasteiger partial charge in [-0.2, -0.15) is 0 Å². The topological polar surface area (TPSA) is 75.7 Å². The summed E-state index contributed by atoms with van der Waals surface area (Å²) in [4.78, 5) is 10.3. The third-order valence-corrected chi connectivity index (χ3v) is 0.872. The highest BCUT2D eigenvalue weighted by Crippen LogP contribution is 1.83. The van der Waals surface area contributed by atoms with Gasteiger partial charge in [0.1, 0.15) is 0 Å². The van der Waals surface area contributed by atoms with Crippen molar-refractivity contribution >= 4 is 11.6 Å². The van der Waals surface area contributed by atoms with Gasteiger partial charge in [-0.25, -0.2) is 0 Å². The first-order valence-corrected chi connectivity index (χ1v) is 2.90. The standard InChI is InChI=1S/C6H10N2O2/c1-2-3-4-5(8-10)6(7)9/h3-4,10H,2H2,1H3,(H2,7,9)/b4-3+,8-5+. The number of allylic oxidation sites excluding steroid dienone is 1. The molecule has 0 saturated carbocycles. The second-order valence-electron chi connectivity index (χ2n) is 1.66. The molecule has 0 unspecified atom stereocenters. The third-order valence-electron chi connectivity index (χ3n) is 0.872. The normalized spacial score (nSPS) is 12.3. The van der Waals surface area contributed by atoms with Gasteiger partial charge in [-0.1, -0.05) is 18.2 Å². The maximum Gasteiger partial charge on any atom is 0.270 e. The second kappa shape index (κ2) is 4.55. The Morgan fingerprint density at radius 2 is 2.40 bits per heavy atom. The molecule has 3 N–H and O–H groups in total. The van der Waals surface area contributed by atoms with E-state index in [1.54, 1.807) is 6.08 Å². The Bertz CT molecular complexity index is 173. The molecule has 4 nitrogen and oxygen atoms in total. The third kappa shape index (κ3) is 2.86. The van der Waals surface area contributed by atoms with Gasteiger partial charge in [-0.15, -0.1) is 0 Å². The van der Waals surface area contributed by atoms with Crippen LogP contribution in [-0.4, -0.2) is 16.8 Å². The average molecular weight is 142 g/mol. The molecule has 0 saturated heterocycles. The van der Waals surface area contributed by atoms with E-state index in [1.807, 2.05) is 6.92 Å². The van der Waals surface area contributed by atoms with Crippen molar-refractivity contribution in [3.63, 3.8) is 0 Å². The summed E-state index contributed by atoms with van der Waals surface area (Å²) in [5, 5.41) is 10.8. The minimum atomic E-state index is -0.729. The molecule has 0 bridgehead atoms. The van der Waals surface area contributed by atoms with Crippen LogP contribution in [0.25, 0.3) is 0 Å². The molecule has 0 aromatic heterocycles. The van der Waals surface area contributed by atoms with Crippen molar-refractivity contribution in [1.29, 1.82) is 0 Å². The molecular formula is C6H10N2O2. The van der Waals surface area contributed by atoms with E-state index in [4.69, 9.17) is 10.9 Å². The van der Waals surface area contributed by atoms with Gasteiger partial charge in [0.25, 0.3) is 5.91 Å². The van der Waals surface area contributed by atoms with Crippen LogP contribution in [-0.2, 0) is 4.79 Å². The Balaban J connectivity index is 4.12. The predicted octanol–water partition coefficient (Wildman–Crippen LogP) is 0.268. The number of nitrogens with zero attached hydrogens (tertiary/aromatic N) is 1. The molecule has 10 heavy (non-hydrogen) atoms. The van der Waals surface area contributed by atoms with Gasteiger partial charge < -0.3 is 10.9 Å². The van der Waals surface area contributed by atoms with E-state index in [0.717, 1.165) is 6.42 Å². The molecule has 56 valence electrons. The van der Waals surface area contributed by atoms with Crippen LogP contribution in [0, 0.1) is 0 Å². The summed E-state index contributed by atoms with van der Waals surface area (Å²) in [6.45, 7) is 1.90. The van der Waals surface area contributed by atoms with Crippen LogP contribution >= 0.6 is 0 Å². The zero-order chi connectivity index (χ0) is 7.98. The first-order valence-electron chi connectivity index (χ1n) is 2.90. The lowest BCUT2D eigenvalue weighted by atomic mass is 10.3. The number of nitrogens with two attached hydrogens (primary N) is 1. The Hall–Kier alpha value is -1.32. The van der Waals surface area contributed by atoms with E-state index in [2.05, 4.69) is 5.16 Å². The van der Waals surface area contributed by atoms with Crippen molar-refractivity contribution in [2.24, 2.45) is 10.9 Å². The summed E-state index contributed by atoms with van der Waals surface area (Å²) in [6.07, 6.45) is 3.83. The van der Waals surface area contributed by atoms with Crippen LogP contribution in [0.1, 0.15) is 13.3 Å². The van der Waals surface area contributed by atoms with Crippen LogP contribution in [0.2, 0.25) is 0 Å². The molecular weight excluding hydrogens is 132 g/mol. The van der Waals surface area contributed by atoms with Crippen molar-refractivity contribution in [1.82, 2.24) is 0 Å². The van der Waals surface area contributed by atoms with E-state index in [-0.39, 0.29) is 5.71 Å². The highest BCUT2D eigenvalue weighted by atomic mass is 16.4. The van der Waals surface area contributed by atoms with Gasteiger partial charge in [0.05, 0.1) is 0 Å². The number of primary amides is 1. The molecule has 0 aliphatic carbocycles. The van der Waals surface area contributed by atoms with Crippen LogP contribution in [0.4, 0.5) is 0 Å². The molecule has 0 aliphatic heterocycles. The van der Waals surface area contributed by atoms with E-state index in [1.165, 1.54) is 6.08 Å². The molecule has 0 fully saturated rings. The molecule has 0 atom stereocenters. The second-order valence-corrected chi connectivity index (χ2v) is 1.66. The molecule has 0 heterocycles. The van der Waals surface area contributed by atoms with Crippen LogP contribution in [0.3, 0.4) is 0 Å². The number of hydrogen-bond donors (Lipinski definition) is 2. The van der Waals surface area contributed by atoms with Gasteiger partial charge >= 0.3 is 0 Å². The lowest BCUT2D eigenvalue weighted by Gasteiger charge is -1.87. The first-order chi connectivity index (χ1) is 4.72. The number of oxime groups is 1. The Labute approximate surface area is 59.0 Å². The highest BCUT2D eigenvalue weighted by Gasteiger charge is 2.00. The molecule has 0 rings (SSSR count). The Morgan fingerprint density at radius 1 is 1.80 bits per heavy atom. The maximum atomic E-state index is 10.3. The van der Waals surface area contributed by atoms with Gasteiger partial charge in [-0.3, -0.25) is 4.79 Å². The molecule has 0 aliphatic rings. The van der Waals surface area contributed by atoms with Crippen LogP contribution in [0.15, 0.2) is 17.3 Å². The zero-order valence-electron chi connectivity index (χ0n) is 5.74. The summed E-state index contributed by atoms with van der Waals surface area (Å²) in [7, 11) is 0. The average Bonchev–Trinajstić information content (AvgIpc) is 1.89. The smallest absolute Gasteiger partial charge is 0.270 e. The number of carbonyl (C=O) groups is 1. The van der Waals surface area contributed by atoms with Crippen molar-refractivity contribution in [3.8, 4) is 0 Å². The summed E-state index contributed by atoms with van der Waals surface area (Å²) in [5.41, 5.74) is 4.68. The van der Waals surface area contributed by atoms with Crippen molar-refractivity contribution < 1.29 is 10.0 Å². The van der Waals surface area contributed by atoms with Crippen LogP contribution in [0.5, 0.6) is 0 Å². The van der Waals surface area contributed by atoms with Crippen LogP contribution < -0.4 is 5.73 Å². The zero-order valence-corrected chi connectivity index (χ0v) is 5.74. The lowest BCUT2D eigenvalue weighted by Crippen LogP contribution is -2.21. The molecule has 0 spiro atoms.